The van der Waals surface area contributed by atoms with E-state index in [-0.39, 0.29) is 5.91 Å². The van der Waals surface area contributed by atoms with Crippen molar-refractivity contribution in [1.82, 2.24) is 4.90 Å². The Labute approximate surface area is 126 Å². The summed E-state index contributed by atoms with van der Waals surface area (Å²) in [5.41, 5.74) is 9.97. The van der Waals surface area contributed by atoms with Crippen LogP contribution in [0.5, 0.6) is 0 Å². The van der Waals surface area contributed by atoms with Crippen molar-refractivity contribution < 1.29 is 4.79 Å². The lowest BCUT2D eigenvalue weighted by Gasteiger charge is -2.37. The van der Waals surface area contributed by atoms with E-state index in [1.165, 1.54) is 0 Å². The topological polar surface area (TPSA) is 61.6 Å². The average molecular weight is 288 g/mol. The highest BCUT2D eigenvalue weighted by molar-refractivity contribution is 6.00. The summed E-state index contributed by atoms with van der Waals surface area (Å²) in [5, 5.41) is 2.91. The second-order valence-corrected chi connectivity index (χ2v) is 6.47. The fraction of sp³-hybridized carbons (Fsp3) is 0.562. The number of nitrogen functional groups attached to an aromatic ring is 1. The van der Waals surface area contributed by atoms with E-state index in [2.05, 4.69) is 29.0 Å². The van der Waals surface area contributed by atoms with Gasteiger partial charge in [-0.25, -0.2) is 0 Å². The number of carbonyl (C=O) groups excluding carboxylic acids is 1. The molecule has 1 saturated heterocycles. The van der Waals surface area contributed by atoms with Gasteiger partial charge in [-0.15, -0.1) is 0 Å². The Kier molecular flexibility index (Phi) is 3.76. The molecular weight excluding hydrogens is 264 g/mol. The number of nitrogens with one attached hydrogen (secondary N) is 1. The molecule has 114 valence electrons. The zero-order chi connectivity index (χ0) is 15.0. The number of benzene rings is 1. The SMILES string of the molecule is CC(C)CN1CCN(c2cc3c(cc2N)CC(=O)N3)CC1. The number of fused-ring (bicyclic) bond motifs is 1. The Morgan fingerprint density at radius 1 is 1.24 bits per heavy atom. The minimum absolute atomic E-state index is 0.0586. The number of hydrogen-bond acceptors (Lipinski definition) is 4. The Balaban J connectivity index is 1.71. The van der Waals surface area contributed by atoms with E-state index in [0.717, 1.165) is 55.3 Å². The first-order valence-electron chi connectivity index (χ1n) is 7.72. The molecule has 1 amide bonds. The monoisotopic (exact) mass is 288 g/mol. The molecule has 0 aliphatic carbocycles. The third-order valence-electron chi connectivity index (χ3n) is 4.21. The van der Waals surface area contributed by atoms with Gasteiger partial charge in [-0.2, -0.15) is 0 Å². The highest BCUT2D eigenvalue weighted by Gasteiger charge is 2.23. The van der Waals surface area contributed by atoms with Crippen molar-refractivity contribution in [2.45, 2.75) is 20.3 Å². The molecule has 5 heteroatoms. The zero-order valence-corrected chi connectivity index (χ0v) is 12.9. The fourth-order valence-corrected chi connectivity index (χ4v) is 3.24. The van der Waals surface area contributed by atoms with Crippen LogP contribution < -0.4 is 16.0 Å². The van der Waals surface area contributed by atoms with Crippen LogP contribution in [0.25, 0.3) is 0 Å². The van der Waals surface area contributed by atoms with Crippen molar-refractivity contribution in [3.63, 3.8) is 0 Å². The van der Waals surface area contributed by atoms with Crippen LogP contribution in [0.4, 0.5) is 17.1 Å². The summed E-state index contributed by atoms with van der Waals surface area (Å²) < 4.78 is 0. The van der Waals surface area contributed by atoms with Gasteiger partial charge in [0, 0.05) is 38.4 Å². The van der Waals surface area contributed by atoms with Gasteiger partial charge in [0.15, 0.2) is 0 Å². The van der Waals surface area contributed by atoms with Gasteiger partial charge >= 0.3 is 0 Å². The molecule has 0 radical (unpaired) electrons. The number of rotatable bonds is 3. The van der Waals surface area contributed by atoms with E-state index in [1.54, 1.807) is 0 Å². The van der Waals surface area contributed by atoms with Gasteiger partial charge in [0.05, 0.1) is 17.8 Å². The maximum absolute atomic E-state index is 11.5. The molecule has 0 bridgehead atoms. The van der Waals surface area contributed by atoms with Crippen molar-refractivity contribution in [2.24, 2.45) is 5.92 Å². The largest absolute Gasteiger partial charge is 0.397 e. The van der Waals surface area contributed by atoms with Crippen LogP contribution in [-0.4, -0.2) is 43.5 Å². The van der Waals surface area contributed by atoms with Crippen molar-refractivity contribution in [2.75, 3.05) is 48.7 Å². The molecule has 0 atom stereocenters. The number of anilines is 3. The zero-order valence-electron chi connectivity index (χ0n) is 12.9. The van der Waals surface area contributed by atoms with Gasteiger partial charge in [-0.3, -0.25) is 9.69 Å². The normalized spacial score (nSPS) is 19.0. The third kappa shape index (κ3) is 2.97. The molecule has 0 spiro atoms. The molecule has 1 fully saturated rings. The van der Waals surface area contributed by atoms with Gasteiger partial charge in [0.2, 0.25) is 5.91 Å². The van der Waals surface area contributed by atoms with Crippen LogP contribution in [0.2, 0.25) is 0 Å². The molecule has 5 nitrogen and oxygen atoms in total. The first-order chi connectivity index (χ1) is 10.0. The molecule has 0 unspecified atom stereocenters. The molecule has 21 heavy (non-hydrogen) atoms. The second kappa shape index (κ2) is 5.56. The predicted octanol–water partition coefficient (Wildman–Crippen LogP) is 1.54. The maximum Gasteiger partial charge on any atom is 0.228 e. The van der Waals surface area contributed by atoms with Crippen LogP contribution in [0.15, 0.2) is 12.1 Å². The van der Waals surface area contributed by atoms with E-state index in [1.807, 2.05) is 12.1 Å². The molecular formula is C16H24N4O. The Morgan fingerprint density at radius 3 is 2.62 bits per heavy atom. The van der Waals surface area contributed by atoms with Gasteiger partial charge < -0.3 is 16.0 Å². The predicted molar refractivity (Wildman–Crippen MR) is 86.7 cm³/mol. The van der Waals surface area contributed by atoms with Crippen molar-refractivity contribution >= 4 is 23.0 Å². The first-order valence-corrected chi connectivity index (χ1v) is 7.72. The number of amides is 1. The molecule has 2 heterocycles. The van der Waals surface area contributed by atoms with Crippen LogP contribution in [-0.2, 0) is 11.2 Å². The minimum Gasteiger partial charge on any atom is -0.397 e. The molecule has 0 aromatic heterocycles. The fourth-order valence-electron chi connectivity index (χ4n) is 3.24. The minimum atomic E-state index is 0.0586. The quantitative estimate of drug-likeness (QED) is 0.828. The lowest BCUT2D eigenvalue weighted by molar-refractivity contribution is -0.115. The molecule has 1 aromatic rings. The van der Waals surface area contributed by atoms with Gasteiger partial charge in [0.25, 0.3) is 0 Å². The van der Waals surface area contributed by atoms with Crippen LogP contribution in [0.3, 0.4) is 0 Å². The summed E-state index contributed by atoms with van der Waals surface area (Å²) in [6.07, 6.45) is 0.446. The molecule has 3 rings (SSSR count). The smallest absolute Gasteiger partial charge is 0.228 e. The van der Waals surface area contributed by atoms with Crippen molar-refractivity contribution in [3.05, 3.63) is 17.7 Å². The van der Waals surface area contributed by atoms with Gasteiger partial charge in [0.1, 0.15) is 0 Å². The third-order valence-corrected chi connectivity index (χ3v) is 4.21. The number of nitrogens with two attached hydrogens (primary N) is 1. The summed E-state index contributed by atoms with van der Waals surface area (Å²) in [6, 6.07) is 3.98. The number of hydrogen-bond donors (Lipinski definition) is 2. The lowest BCUT2D eigenvalue weighted by atomic mass is 10.1. The first kappa shape index (κ1) is 14.2. The summed E-state index contributed by atoms with van der Waals surface area (Å²) in [7, 11) is 0. The van der Waals surface area contributed by atoms with Crippen molar-refractivity contribution in [3.8, 4) is 0 Å². The van der Waals surface area contributed by atoms with E-state index in [0.29, 0.717) is 12.3 Å². The standard InChI is InChI=1S/C16H24N4O/c1-11(2)10-19-3-5-20(6-4-19)15-9-14-12(7-13(15)17)8-16(21)18-14/h7,9,11H,3-6,8,10,17H2,1-2H3,(H,18,21). The summed E-state index contributed by atoms with van der Waals surface area (Å²) in [6.45, 7) is 9.79. The van der Waals surface area contributed by atoms with E-state index in [4.69, 9.17) is 5.73 Å². The lowest BCUT2D eigenvalue weighted by Crippen LogP contribution is -2.47. The van der Waals surface area contributed by atoms with Gasteiger partial charge in [-0.1, -0.05) is 13.8 Å². The molecule has 0 saturated carbocycles. The molecule has 1 aromatic carbocycles. The van der Waals surface area contributed by atoms with Crippen LogP contribution in [0.1, 0.15) is 19.4 Å². The molecule has 3 N–H and O–H groups in total. The van der Waals surface area contributed by atoms with E-state index in [9.17, 15) is 4.79 Å². The Bertz CT molecular complexity index is 547. The molecule has 2 aliphatic heterocycles. The van der Waals surface area contributed by atoms with Crippen LogP contribution in [0, 0.1) is 5.92 Å². The second-order valence-electron chi connectivity index (χ2n) is 6.47. The number of piperazine rings is 1. The summed E-state index contributed by atoms with van der Waals surface area (Å²) in [5.74, 6) is 0.764. The number of carbonyl (C=O) groups is 1. The average Bonchev–Trinajstić information content (AvgIpc) is 2.77. The molecule has 2 aliphatic rings. The number of nitrogens with zero attached hydrogens (tertiary/aromatic N) is 2. The Morgan fingerprint density at radius 2 is 1.95 bits per heavy atom. The van der Waals surface area contributed by atoms with E-state index < -0.39 is 0 Å². The van der Waals surface area contributed by atoms with Gasteiger partial charge in [-0.05, 0) is 23.6 Å². The summed E-state index contributed by atoms with van der Waals surface area (Å²) >= 11 is 0. The van der Waals surface area contributed by atoms with Crippen molar-refractivity contribution in [1.29, 1.82) is 0 Å². The maximum atomic E-state index is 11.5. The summed E-state index contributed by atoms with van der Waals surface area (Å²) in [4.78, 5) is 16.3. The highest BCUT2D eigenvalue weighted by atomic mass is 16.1. The van der Waals surface area contributed by atoms with Crippen LogP contribution >= 0.6 is 0 Å². The highest BCUT2D eigenvalue weighted by Crippen LogP contribution is 2.34. The Hall–Kier alpha value is -1.75. The van der Waals surface area contributed by atoms with E-state index >= 15 is 0 Å².